The molecule has 12 heteroatoms. The van der Waals surface area contributed by atoms with E-state index < -0.39 is 11.8 Å². The third-order valence-corrected chi connectivity index (χ3v) is 8.21. The average Bonchev–Trinajstić information content (AvgIpc) is 3.49. The molecule has 0 unspecified atom stereocenters. The zero-order valence-electron chi connectivity index (χ0n) is 26.3. The number of nitrogens with zero attached hydrogens (tertiary/aromatic N) is 7. The fourth-order valence-electron chi connectivity index (χ4n) is 5.74. The second-order valence-electron chi connectivity index (χ2n) is 11.6. The molecule has 3 heterocycles. The van der Waals surface area contributed by atoms with E-state index in [1.165, 1.54) is 30.2 Å². The van der Waals surface area contributed by atoms with E-state index in [0.29, 0.717) is 49.0 Å². The van der Waals surface area contributed by atoms with Gasteiger partial charge in [0.25, 0.3) is 0 Å². The molecule has 234 valence electrons. The van der Waals surface area contributed by atoms with Gasteiger partial charge >= 0.3 is 6.03 Å². The summed E-state index contributed by atoms with van der Waals surface area (Å²) in [6, 6.07) is 9.68. The monoisotopic (exact) mass is 604 g/mol. The van der Waals surface area contributed by atoms with E-state index in [-0.39, 0.29) is 24.2 Å². The van der Waals surface area contributed by atoms with Gasteiger partial charge in [-0.05, 0) is 63.3 Å². The minimum atomic E-state index is -0.540. The zero-order chi connectivity index (χ0) is 31.5. The molecular weight excluding hydrogens is 563 g/mol. The van der Waals surface area contributed by atoms with Crippen molar-refractivity contribution in [1.29, 1.82) is 0 Å². The Hall–Kier alpha value is -4.45. The summed E-state index contributed by atoms with van der Waals surface area (Å²) in [5.74, 6) is 0.731. The van der Waals surface area contributed by atoms with Crippen molar-refractivity contribution in [1.82, 2.24) is 19.8 Å². The van der Waals surface area contributed by atoms with Gasteiger partial charge in [-0.2, -0.15) is 4.98 Å². The summed E-state index contributed by atoms with van der Waals surface area (Å²) in [7, 11) is 7.69. The number of carbonyl (C=O) groups is 2. The van der Waals surface area contributed by atoms with Gasteiger partial charge in [0.1, 0.15) is 17.4 Å². The quantitative estimate of drug-likeness (QED) is 0.358. The maximum atomic E-state index is 15.1. The number of hydrogen-bond donors (Lipinski definition) is 1. The molecule has 0 saturated carbocycles. The number of carbonyl (C=O) groups excluding carboxylic acids is 2. The fraction of sp³-hybridized carbons (Fsp3) is 0.438. The molecule has 0 radical (unpaired) electrons. The maximum Gasteiger partial charge on any atom is 0.330 e. The number of likely N-dealkylation sites (tertiary alicyclic amines) is 1. The van der Waals surface area contributed by atoms with E-state index in [1.54, 1.807) is 16.0 Å². The molecule has 44 heavy (non-hydrogen) atoms. The highest BCUT2D eigenvalue weighted by Gasteiger charge is 2.41. The summed E-state index contributed by atoms with van der Waals surface area (Å²) in [5.41, 5.74) is 3.84. The van der Waals surface area contributed by atoms with Gasteiger partial charge in [0.05, 0.1) is 25.4 Å². The van der Waals surface area contributed by atoms with Crippen LogP contribution in [0.15, 0.2) is 42.6 Å². The van der Waals surface area contributed by atoms with E-state index in [4.69, 9.17) is 9.72 Å². The van der Waals surface area contributed by atoms with Gasteiger partial charge in [-0.15, -0.1) is 0 Å². The van der Waals surface area contributed by atoms with Crippen LogP contribution in [0.3, 0.4) is 0 Å². The number of aromatic nitrogens is 2. The predicted molar refractivity (Wildman–Crippen MR) is 171 cm³/mol. The number of likely N-dealkylation sites (N-methyl/N-ethyl adjacent to an activating group) is 2. The summed E-state index contributed by atoms with van der Waals surface area (Å²) in [5, 5.41) is 3.30. The van der Waals surface area contributed by atoms with E-state index in [1.807, 2.05) is 19.1 Å². The van der Waals surface area contributed by atoms with Crippen LogP contribution in [0.2, 0.25) is 0 Å². The maximum absolute atomic E-state index is 15.1. The molecular formula is C32H41FN8O3. The van der Waals surface area contributed by atoms with Crippen molar-refractivity contribution in [3.8, 4) is 5.75 Å². The van der Waals surface area contributed by atoms with Crippen LogP contribution in [0, 0.1) is 12.7 Å². The summed E-state index contributed by atoms with van der Waals surface area (Å²) < 4.78 is 20.4. The number of ether oxygens (including phenoxy) is 1. The molecule has 3 aromatic rings. The first-order valence-corrected chi connectivity index (χ1v) is 14.9. The lowest BCUT2D eigenvalue weighted by Gasteiger charge is -2.39. The van der Waals surface area contributed by atoms with Crippen molar-refractivity contribution in [2.45, 2.75) is 39.3 Å². The molecule has 0 bridgehead atoms. The summed E-state index contributed by atoms with van der Waals surface area (Å²) in [4.78, 5) is 45.1. The van der Waals surface area contributed by atoms with E-state index >= 15 is 4.39 Å². The first kappa shape index (κ1) is 31.0. The largest absolute Gasteiger partial charge is 0.497 e. The highest BCUT2D eigenvalue weighted by Crippen LogP contribution is 2.37. The Labute approximate surface area is 258 Å². The molecule has 0 aliphatic carbocycles. The van der Waals surface area contributed by atoms with Crippen LogP contribution in [-0.2, 0) is 11.3 Å². The normalized spacial score (nSPS) is 16.4. The van der Waals surface area contributed by atoms with Gasteiger partial charge in [0, 0.05) is 68.8 Å². The number of benzene rings is 2. The molecule has 11 nitrogen and oxygen atoms in total. The number of aryl methyl sites for hydroxylation is 1. The molecule has 5 rings (SSSR count). The molecule has 1 saturated heterocycles. The topological polar surface area (TPSA) is 97.4 Å². The minimum absolute atomic E-state index is 0.0316. The van der Waals surface area contributed by atoms with Crippen molar-refractivity contribution < 1.29 is 18.7 Å². The number of methoxy groups -OCH3 is 1. The van der Waals surface area contributed by atoms with Crippen LogP contribution < -0.4 is 24.8 Å². The van der Waals surface area contributed by atoms with Crippen molar-refractivity contribution in [3.05, 3.63) is 59.5 Å². The number of urea groups is 1. The highest BCUT2D eigenvalue weighted by atomic mass is 19.1. The Kier molecular flexibility index (Phi) is 9.19. The average molecular weight is 605 g/mol. The van der Waals surface area contributed by atoms with Crippen LogP contribution in [-0.4, -0.2) is 92.2 Å². The fourth-order valence-corrected chi connectivity index (χ4v) is 5.74. The molecule has 2 aromatic carbocycles. The number of anilines is 5. The smallest absolute Gasteiger partial charge is 0.330 e. The van der Waals surface area contributed by atoms with Crippen molar-refractivity contribution in [3.63, 3.8) is 0 Å². The van der Waals surface area contributed by atoms with Gasteiger partial charge in [0.15, 0.2) is 0 Å². The molecule has 1 N–H and O–H groups in total. The summed E-state index contributed by atoms with van der Waals surface area (Å²) in [6.07, 6.45) is 2.65. The van der Waals surface area contributed by atoms with Gasteiger partial charge < -0.3 is 24.8 Å². The predicted octanol–water partition coefficient (Wildman–Crippen LogP) is 4.63. The highest BCUT2D eigenvalue weighted by molar-refractivity contribution is 6.06. The number of nitrogens with one attached hydrogen (secondary N) is 1. The SMILES string of the molecule is CCC(=O)N1CC[C@H](N2C(=O)N(c3cc(OC)ccc3F)Cc3cnc(Nc4ccc(N(C)CCN(C)C)c(C)c4)nc32)C1. The Morgan fingerprint density at radius 1 is 1.16 bits per heavy atom. The van der Waals surface area contributed by atoms with Gasteiger partial charge in [-0.25, -0.2) is 14.2 Å². The van der Waals surface area contributed by atoms with E-state index in [9.17, 15) is 9.59 Å². The van der Waals surface area contributed by atoms with Gasteiger partial charge in [-0.1, -0.05) is 6.92 Å². The van der Waals surface area contributed by atoms with Crippen LogP contribution in [0.25, 0.3) is 0 Å². The van der Waals surface area contributed by atoms with Crippen LogP contribution >= 0.6 is 0 Å². The lowest BCUT2D eigenvalue weighted by Crippen LogP contribution is -2.53. The lowest BCUT2D eigenvalue weighted by atomic mass is 10.1. The van der Waals surface area contributed by atoms with E-state index in [2.05, 4.69) is 54.2 Å². The second-order valence-corrected chi connectivity index (χ2v) is 11.6. The van der Waals surface area contributed by atoms with Crippen LogP contribution in [0.1, 0.15) is 30.9 Å². The number of halogens is 1. The summed E-state index contributed by atoms with van der Waals surface area (Å²) >= 11 is 0. The molecule has 3 amide bonds. The second kappa shape index (κ2) is 13.0. The van der Waals surface area contributed by atoms with Gasteiger partial charge in [-0.3, -0.25) is 14.6 Å². The third kappa shape index (κ3) is 6.40. The first-order valence-electron chi connectivity index (χ1n) is 14.9. The Balaban J connectivity index is 1.46. The molecule has 1 fully saturated rings. The number of amides is 3. The molecule has 2 aliphatic rings. The first-order chi connectivity index (χ1) is 21.1. The lowest BCUT2D eigenvalue weighted by molar-refractivity contribution is -0.129. The molecule has 1 aromatic heterocycles. The molecule has 0 spiro atoms. The Morgan fingerprint density at radius 3 is 2.66 bits per heavy atom. The summed E-state index contributed by atoms with van der Waals surface area (Å²) in [6.45, 7) is 6.74. The van der Waals surface area contributed by atoms with Crippen molar-refractivity contribution in [2.24, 2.45) is 0 Å². The Bertz CT molecular complexity index is 1530. The zero-order valence-corrected chi connectivity index (χ0v) is 26.3. The number of hydrogen-bond acceptors (Lipinski definition) is 8. The van der Waals surface area contributed by atoms with Crippen molar-refractivity contribution in [2.75, 3.05) is 74.4 Å². The van der Waals surface area contributed by atoms with Crippen LogP contribution in [0.4, 0.5) is 38.0 Å². The molecule has 2 aliphatic heterocycles. The Morgan fingerprint density at radius 2 is 1.95 bits per heavy atom. The van der Waals surface area contributed by atoms with E-state index in [0.717, 1.165) is 30.0 Å². The minimum Gasteiger partial charge on any atom is -0.497 e. The van der Waals surface area contributed by atoms with Crippen LogP contribution in [0.5, 0.6) is 5.75 Å². The third-order valence-electron chi connectivity index (χ3n) is 8.21. The molecule has 1 atom stereocenters. The number of fused-ring (bicyclic) bond motifs is 1. The standard InChI is InChI=1S/C32H41FN8O3/c1-7-29(42)39-13-12-24(20-39)41-30-22(19-40(32(41)43)28-17-25(44-6)9-10-26(28)33)18-34-31(36-30)35-23-8-11-27(21(2)16-23)38(5)15-14-37(3)4/h8-11,16-18,24H,7,12-15,19-20H2,1-6H3,(H,34,35,36)/t24-/m0/s1. The number of rotatable bonds is 10. The van der Waals surface area contributed by atoms with Gasteiger partial charge in [0.2, 0.25) is 11.9 Å². The van der Waals surface area contributed by atoms with Crippen molar-refractivity contribution >= 4 is 40.8 Å².